The van der Waals surface area contributed by atoms with Crippen LogP contribution in [-0.2, 0) is 6.54 Å². The van der Waals surface area contributed by atoms with E-state index in [2.05, 4.69) is 0 Å². The normalized spacial score (nSPS) is 10.4. The number of halogens is 2. The first kappa shape index (κ1) is 15.1. The maximum Gasteiger partial charge on any atom is 0.255 e. The highest BCUT2D eigenvalue weighted by atomic mass is 35.5. The summed E-state index contributed by atoms with van der Waals surface area (Å²) in [6.45, 7) is 0.0498. The molecular formula is C15H15ClFN3O. The summed E-state index contributed by atoms with van der Waals surface area (Å²) in [6.07, 6.45) is 0. The first-order valence-corrected chi connectivity index (χ1v) is 6.61. The van der Waals surface area contributed by atoms with Gasteiger partial charge >= 0.3 is 0 Å². The fraction of sp³-hybridized carbons (Fsp3) is 0.133. The van der Waals surface area contributed by atoms with Gasteiger partial charge in [-0.05, 0) is 30.3 Å². The molecular weight excluding hydrogens is 293 g/mol. The van der Waals surface area contributed by atoms with Gasteiger partial charge in [-0.25, -0.2) is 4.39 Å². The summed E-state index contributed by atoms with van der Waals surface area (Å²) in [5, 5.41) is 0.278. The van der Waals surface area contributed by atoms with Gasteiger partial charge in [0, 0.05) is 35.6 Å². The molecule has 4 nitrogen and oxygen atoms in total. The summed E-state index contributed by atoms with van der Waals surface area (Å²) in [5.41, 5.74) is 12.7. The van der Waals surface area contributed by atoms with Crippen LogP contribution in [0.5, 0.6) is 0 Å². The van der Waals surface area contributed by atoms with Crippen molar-refractivity contribution in [1.29, 1.82) is 0 Å². The van der Waals surface area contributed by atoms with Crippen molar-refractivity contribution < 1.29 is 9.18 Å². The van der Waals surface area contributed by atoms with Gasteiger partial charge in [0.2, 0.25) is 0 Å². The van der Waals surface area contributed by atoms with Gasteiger partial charge in [-0.2, -0.15) is 0 Å². The zero-order valence-corrected chi connectivity index (χ0v) is 12.2. The summed E-state index contributed by atoms with van der Waals surface area (Å²) in [4.78, 5) is 13.7. The van der Waals surface area contributed by atoms with Crippen molar-refractivity contribution in [3.63, 3.8) is 0 Å². The highest BCUT2D eigenvalue weighted by Gasteiger charge is 2.17. The number of rotatable bonds is 3. The van der Waals surface area contributed by atoms with E-state index in [1.54, 1.807) is 25.2 Å². The monoisotopic (exact) mass is 307 g/mol. The average Bonchev–Trinajstić information content (AvgIpc) is 2.42. The average molecular weight is 308 g/mol. The molecule has 21 heavy (non-hydrogen) atoms. The highest BCUT2D eigenvalue weighted by Crippen LogP contribution is 2.22. The number of hydrogen-bond donors (Lipinski definition) is 2. The molecule has 0 fully saturated rings. The first-order valence-electron chi connectivity index (χ1n) is 6.23. The minimum atomic E-state index is -0.451. The number of nitrogens with two attached hydrogens (primary N) is 2. The second-order valence-corrected chi connectivity index (χ2v) is 5.12. The Kier molecular flexibility index (Phi) is 4.33. The van der Waals surface area contributed by atoms with Crippen LogP contribution in [0, 0.1) is 5.82 Å². The Bertz CT molecular complexity index is 670. The molecule has 0 unspecified atom stereocenters. The molecule has 110 valence electrons. The molecule has 0 aliphatic rings. The first-order chi connectivity index (χ1) is 9.90. The summed E-state index contributed by atoms with van der Waals surface area (Å²) in [6, 6.07) is 9.05. The SMILES string of the molecule is CN(Cc1c(F)cccc1Cl)C(=O)c1ccc(N)cc1N. The van der Waals surface area contributed by atoms with Crippen LogP contribution in [0.3, 0.4) is 0 Å². The Morgan fingerprint density at radius 3 is 2.62 bits per heavy atom. The Morgan fingerprint density at radius 2 is 2.00 bits per heavy atom. The summed E-state index contributed by atoms with van der Waals surface area (Å²) < 4.78 is 13.7. The Balaban J connectivity index is 2.24. The van der Waals surface area contributed by atoms with E-state index in [-0.39, 0.29) is 28.7 Å². The Morgan fingerprint density at radius 1 is 1.29 bits per heavy atom. The lowest BCUT2D eigenvalue weighted by atomic mass is 10.1. The van der Waals surface area contributed by atoms with Gasteiger partial charge in [-0.15, -0.1) is 0 Å². The standard InChI is InChI=1S/C15H15ClFN3O/c1-20(8-11-12(16)3-2-4-13(11)17)15(21)10-6-5-9(18)7-14(10)19/h2-7H,8,18-19H2,1H3. The van der Waals surface area contributed by atoms with Crippen molar-refractivity contribution >= 4 is 28.9 Å². The Hall–Kier alpha value is -2.27. The third-order valence-corrected chi connectivity index (χ3v) is 3.46. The van der Waals surface area contributed by atoms with Crippen LogP contribution in [0.2, 0.25) is 5.02 Å². The number of nitrogens with zero attached hydrogens (tertiary/aromatic N) is 1. The smallest absolute Gasteiger partial charge is 0.255 e. The van der Waals surface area contributed by atoms with E-state index in [9.17, 15) is 9.18 Å². The van der Waals surface area contributed by atoms with E-state index in [0.29, 0.717) is 11.3 Å². The molecule has 4 N–H and O–H groups in total. The lowest BCUT2D eigenvalue weighted by Gasteiger charge is -2.19. The van der Waals surface area contributed by atoms with Gasteiger partial charge in [-0.1, -0.05) is 17.7 Å². The largest absolute Gasteiger partial charge is 0.399 e. The molecule has 2 rings (SSSR count). The van der Waals surface area contributed by atoms with Crippen molar-refractivity contribution in [2.75, 3.05) is 18.5 Å². The van der Waals surface area contributed by atoms with Gasteiger partial charge in [0.1, 0.15) is 5.82 Å². The van der Waals surface area contributed by atoms with Crippen LogP contribution in [0.25, 0.3) is 0 Å². The van der Waals surface area contributed by atoms with Crippen molar-refractivity contribution in [3.8, 4) is 0 Å². The minimum absolute atomic E-state index is 0.0498. The number of hydrogen-bond acceptors (Lipinski definition) is 3. The van der Waals surface area contributed by atoms with Gasteiger partial charge in [-0.3, -0.25) is 4.79 Å². The summed E-state index contributed by atoms with van der Waals surface area (Å²) >= 11 is 5.96. The number of nitrogen functional groups attached to an aromatic ring is 2. The molecule has 0 aromatic heterocycles. The van der Waals surface area contributed by atoms with Gasteiger partial charge < -0.3 is 16.4 Å². The molecule has 0 spiro atoms. The Labute approximate surface area is 127 Å². The van der Waals surface area contributed by atoms with Crippen LogP contribution in [0.15, 0.2) is 36.4 Å². The second-order valence-electron chi connectivity index (χ2n) is 4.71. The quantitative estimate of drug-likeness (QED) is 0.856. The van der Waals surface area contributed by atoms with Crippen molar-refractivity contribution in [1.82, 2.24) is 4.90 Å². The van der Waals surface area contributed by atoms with Crippen molar-refractivity contribution in [2.24, 2.45) is 0 Å². The number of carbonyl (C=O) groups is 1. The van der Waals surface area contributed by atoms with Gasteiger partial charge in [0.15, 0.2) is 0 Å². The zero-order valence-electron chi connectivity index (χ0n) is 11.4. The van der Waals surface area contributed by atoms with E-state index in [1.807, 2.05) is 0 Å². The van der Waals surface area contributed by atoms with Crippen LogP contribution in [-0.4, -0.2) is 17.9 Å². The molecule has 6 heteroatoms. The number of anilines is 2. The molecule has 2 aromatic carbocycles. The topological polar surface area (TPSA) is 72.3 Å². The molecule has 2 aromatic rings. The second kappa shape index (κ2) is 6.01. The molecule has 1 amide bonds. The fourth-order valence-electron chi connectivity index (χ4n) is 1.97. The van der Waals surface area contributed by atoms with E-state index in [4.69, 9.17) is 23.1 Å². The number of amides is 1. The zero-order chi connectivity index (χ0) is 15.6. The molecule has 0 bridgehead atoms. The van der Waals surface area contributed by atoms with Gasteiger partial charge in [0.05, 0.1) is 5.56 Å². The summed E-state index contributed by atoms with van der Waals surface area (Å²) in [5.74, 6) is -0.778. The lowest BCUT2D eigenvalue weighted by Crippen LogP contribution is -2.27. The predicted octanol–water partition coefficient (Wildman–Crippen LogP) is 2.92. The van der Waals surface area contributed by atoms with Crippen LogP contribution in [0.1, 0.15) is 15.9 Å². The molecule has 0 aliphatic heterocycles. The maximum absolute atomic E-state index is 13.7. The fourth-order valence-corrected chi connectivity index (χ4v) is 2.20. The van der Waals surface area contributed by atoms with E-state index in [0.717, 1.165) is 0 Å². The maximum atomic E-state index is 13.7. The van der Waals surface area contributed by atoms with Gasteiger partial charge in [0.25, 0.3) is 5.91 Å². The molecule has 0 heterocycles. The molecule has 0 radical (unpaired) electrons. The molecule has 0 saturated carbocycles. The van der Waals surface area contributed by atoms with Crippen molar-refractivity contribution in [2.45, 2.75) is 6.54 Å². The number of carbonyl (C=O) groups excluding carboxylic acids is 1. The van der Waals surface area contributed by atoms with E-state index >= 15 is 0 Å². The minimum Gasteiger partial charge on any atom is -0.399 e. The van der Waals surface area contributed by atoms with Crippen molar-refractivity contribution in [3.05, 3.63) is 58.4 Å². The van der Waals surface area contributed by atoms with Crippen LogP contribution < -0.4 is 11.5 Å². The van der Waals surface area contributed by atoms with Crippen LogP contribution >= 0.6 is 11.6 Å². The molecule has 0 saturated heterocycles. The predicted molar refractivity (Wildman–Crippen MR) is 82.5 cm³/mol. The third-order valence-electron chi connectivity index (χ3n) is 3.11. The number of benzene rings is 2. The van der Waals surface area contributed by atoms with Crippen LogP contribution in [0.4, 0.5) is 15.8 Å². The third kappa shape index (κ3) is 3.25. The highest BCUT2D eigenvalue weighted by molar-refractivity contribution is 6.31. The molecule has 0 aliphatic carbocycles. The van der Waals surface area contributed by atoms with E-state index < -0.39 is 5.82 Å². The lowest BCUT2D eigenvalue weighted by molar-refractivity contribution is 0.0785. The molecule has 0 atom stereocenters. The summed E-state index contributed by atoms with van der Waals surface area (Å²) in [7, 11) is 1.56. The van der Waals surface area contributed by atoms with E-state index in [1.165, 1.54) is 23.1 Å².